The van der Waals surface area contributed by atoms with Gasteiger partial charge in [-0.15, -0.1) is 0 Å². The second kappa shape index (κ2) is 3.82. The summed E-state index contributed by atoms with van der Waals surface area (Å²) in [6.45, 7) is 14.3. The highest BCUT2D eigenvalue weighted by Crippen LogP contribution is 2.37. The van der Waals surface area contributed by atoms with Crippen LogP contribution in [0.1, 0.15) is 48.0 Å². The molecule has 1 atom stereocenters. The van der Waals surface area contributed by atoms with Gasteiger partial charge in [-0.2, -0.15) is 0 Å². The summed E-state index contributed by atoms with van der Waals surface area (Å²) in [6, 6.07) is 0.486. The van der Waals surface area contributed by atoms with E-state index in [2.05, 4.69) is 46.9 Å². The maximum Gasteiger partial charge on any atom is 0.0787 e. The molecule has 0 saturated carbocycles. The molecule has 2 heteroatoms. The zero-order chi connectivity index (χ0) is 11.0. The molecule has 14 heavy (non-hydrogen) atoms. The summed E-state index contributed by atoms with van der Waals surface area (Å²) in [5, 5.41) is 3.60. The van der Waals surface area contributed by atoms with E-state index in [4.69, 9.17) is 4.74 Å². The Morgan fingerprint density at radius 3 is 2.21 bits per heavy atom. The minimum Gasteiger partial charge on any atom is -0.368 e. The van der Waals surface area contributed by atoms with Gasteiger partial charge in [0, 0.05) is 6.04 Å². The van der Waals surface area contributed by atoms with E-state index in [9.17, 15) is 0 Å². The minimum atomic E-state index is -0.0294. The molecule has 0 spiro atoms. The van der Waals surface area contributed by atoms with E-state index < -0.39 is 0 Å². The van der Waals surface area contributed by atoms with E-state index in [0.717, 1.165) is 13.0 Å². The fourth-order valence-electron chi connectivity index (χ4n) is 2.26. The predicted octanol–water partition coefficient (Wildman–Crippen LogP) is 2.58. The summed E-state index contributed by atoms with van der Waals surface area (Å²) in [4.78, 5) is 0. The molecule has 1 saturated heterocycles. The first-order valence-corrected chi connectivity index (χ1v) is 5.66. The summed E-state index contributed by atoms with van der Waals surface area (Å²) >= 11 is 0. The van der Waals surface area contributed by atoms with Crippen molar-refractivity contribution in [2.45, 2.75) is 65.2 Å². The van der Waals surface area contributed by atoms with Crippen LogP contribution in [-0.4, -0.2) is 23.8 Å². The summed E-state index contributed by atoms with van der Waals surface area (Å²) in [5.41, 5.74) is -0.00344. The van der Waals surface area contributed by atoms with Gasteiger partial charge in [0.1, 0.15) is 0 Å². The molecule has 1 N–H and O–H groups in total. The molecule has 1 rings (SSSR count). The Bertz CT molecular complexity index is 196. The second-order valence-electron chi connectivity index (χ2n) is 6.02. The lowest BCUT2D eigenvalue weighted by atomic mass is 9.94. The van der Waals surface area contributed by atoms with Crippen molar-refractivity contribution < 1.29 is 4.74 Å². The van der Waals surface area contributed by atoms with Crippen LogP contribution in [-0.2, 0) is 4.74 Å². The number of ether oxygens (including phenoxy) is 1. The second-order valence-corrected chi connectivity index (χ2v) is 6.02. The van der Waals surface area contributed by atoms with E-state index in [1.54, 1.807) is 0 Å². The Labute approximate surface area is 88.4 Å². The molecule has 1 heterocycles. The van der Waals surface area contributed by atoms with Crippen molar-refractivity contribution >= 4 is 0 Å². The summed E-state index contributed by atoms with van der Waals surface area (Å²) < 4.78 is 6.02. The molecule has 0 amide bonds. The van der Waals surface area contributed by atoms with Gasteiger partial charge in [0.15, 0.2) is 0 Å². The molecular weight excluding hydrogens is 174 g/mol. The number of hydrogen-bond acceptors (Lipinski definition) is 2. The maximum atomic E-state index is 6.02. The quantitative estimate of drug-likeness (QED) is 0.754. The highest BCUT2D eigenvalue weighted by Gasteiger charge is 2.45. The van der Waals surface area contributed by atoms with Crippen LogP contribution in [0.15, 0.2) is 0 Å². The molecule has 0 aromatic carbocycles. The van der Waals surface area contributed by atoms with Gasteiger partial charge in [-0.25, -0.2) is 0 Å². The monoisotopic (exact) mass is 199 g/mol. The Morgan fingerprint density at radius 1 is 1.29 bits per heavy atom. The first kappa shape index (κ1) is 12.0. The van der Waals surface area contributed by atoms with Gasteiger partial charge < -0.3 is 10.1 Å². The van der Waals surface area contributed by atoms with Crippen molar-refractivity contribution in [2.24, 2.45) is 5.92 Å². The zero-order valence-corrected chi connectivity index (χ0v) is 10.5. The summed E-state index contributed by atoms with van der Waals surface area (Å²) in [7, 11) is 0. The van der Waals surface area contributed by atoms with Crippen molar-refractivity contribution in [1.82, 2.24) is 5.32 Å². The molecule has 2 nitrogen and oxygen atoms in total. The predicted molar refractivity (Wildman–Crippen MR) is 60.5 cm³/mol. The highest BCUT2D eigenvalue weighted by molar-refractivity contribution is 4.98. The fraction of sp³-hybridized carbons (Fsp3) is 1.00. The average molecular weight is 199 g/mol. The highest BCUT2D eigenvalue weighted by atomic mass is 16.5. The van der Waals surface area contributed by atoms with Crippen molar-refractivity contribution in [2.75, 3.05) is 6.54 Å². The van der Waals surface area contributed by atoms with Gasteiger partial charge in [-0.3, -0.25) is 0 Å². The first-order chi connectivity index (χ1) is 6.23. The lowest BCUT2D eigenvalue weighted by Crippen LogP contribution is -2.44. The molecule has 0 aromatic heterocycles. The molecule has 84 valence electrons. The fourth-order valence-corrected chi connectivity index (χ4v) is 2.26. The minimum absolute atomic E-state index is 0.0259. The molecule has 0 bridgehead atoms. The molecule has 0 aromatic rings. The maximum absolute atomic E-state index is 6.02. The zero-order valence-electron chi connectivity index (χ0n) is 10.5. The average Bonchev–Trinajstić information content (AvgIpc) is 2.14. The van der Waals surface area contributed by atoms with Crippen LogP contribution in [0.5, 0.6) is 0 Å². The molecule has 0 aliphatic carbocycles. The normalized spacial score (nSPS) is 29.8. The van der Waals surface area contributed by atoms with Gasteiger partial charge in [0.25, 0.3) is 0 Å². The summed E-state index contributed by atoms with van der Waals surface area (Å²) in [6.07, 6.45) is 1.10. The van der Waals surface area contributed by atoms with Crippen LogP contribution in [0, 0.1) is 5.92 Å². The number of hydrogen-bond donors (Lipinski definition) is 1. The largest absolute Gasteiger partial charge is 0.368 e. The molecule has 0 unspecified atom stereocenters. The van der Waals surface area contributed by atoms with Crippen molar-refractivity contribution in [3.8, 4) is 0 Å². The molecule has 0 radical (unpaired) electrons. The van der Waals surface area contributed by atoms with Gasteiger partial charge in [-0.05, 0) is 46.6 Å². The molecule has 1 aliphatic heterocycles. The SMILES string of the molecule is CC(C)CN[C@@H]1CC(C)(C)OC1(C)C. The third kappa shape index (κ3) is 2.96. The van der Waals surface area contributed by atoms with Gasteiger partial charge in [-0.1, -0.05) is 13.8 Å². The smallest absolute Gasteiger partial charge is 0.0787 e. The van der Waals surface area contributed by atoms with Crippen LogP contribution in [0.4, 0.5) is 0 Å². The van der Waals surface area contributed by atoms with Crippen LogP contribution >= 0.6 is 0 Å². The molecule has 1 aliphatic rings. The standard InChI is InChI=1S/C12H25NO/c1-9(2)8-13-10-7-11(3,4)14-12(10,5)6/h9-10,13H,7-8H2,1-6H3/t10-/m1/s1. The van der Waals surface area contributed by atoms with E-state index >= 15 is 0 Å². The Morgan fingerprint density at radius 2 is 1.86 bits per heavy atom. The van der Waals surface area contributed by atoms with E-state index in [1.165, 1.54) is 0 Å². The number of rotatable bonds is 3. The van der Waals surface area contributed by atoms with Crippen molar-refractivity contribution in [1.29, 1.82) is 0 Å². The summed E-state index contributed by atoms with van der Waals surface area (Å²) in [5.74, 6) is 0.703. The van der Waals surface area contributed by atoms with E-state index in [1.807, 2.05) is 0 Å². The molecular formula is C12H25NO. The van der Waals surface area contributed by atoms with Gasteiger partial charge >= 0.3 is 0 Å². The lowest BCUT2D eigenvalue weighted by molar-refractivity contribution is -0.0699. The van der Waals surface area contributed by atoms with Gasteiger partial charge in [0.2, 0.25) is 0 Å². The van der Waals surface area contributed by atoms with Crippen LogP contribution in [0.25, 0.3) is 0 Å². The third-order valence-electron chi connectivity index (χ3n) is 2.85. The van der Waals surface area contributed by atoms with Crippen molar-refractivity contribution in [3.63, 3.8) is 0 Å². The Kier molecular flexibility index (Phi) is 3.27. The van der Waals surface area contributed by atoms with Crippen LogP contribution in [0.2, 0.25) is 0 Å². The van der Waals surface area contributed by atoms with E-state index in [-0.39, 0.29) is 11.2 Å². The Balaban J connectivity index is 2.53. The van der Waals surface area contributed by atoms with E-state index in [0.29, 0.717) is 12.0 Å². The Hall–Kier alpha value is -0.0800. The van der Waals surface area contributed by atoms with Crippen molar-refractivity contribution in [3.05, 3.63) is 0 Å². The number of nitrogens with one attached hydrogen (secondary N) is 1. The van der Waals surface area contributed by atoms with Crippen LogP contribution < -0.4 is 5.32 Å². The third-order valence-corrected chi connectivity index (χ3v) is 2.85. The molecule has 1 fully saturated rings. The topological polar surface area (TPSA) is 21.3 Å². The lowest BCUT2D eigenvalue weighted by Gasteiger charge is -2.28. The van der Waals surface area contributed by atoms with Gasteiger partial charge in [0.05, 0.1) is 11.2 Å². The van der Waals surface area contributed by atoms with Crippen LogP contribution in [0.3, 0.4) is 0 Å². The first-order valence-electron chi connectivity index (χ1n) is 5.66.